The van der Waals surface area contributed by atoms with Crippen molar-refractivity contribution in [2.24, 2.45) is 4.99 Å². The molecular formula is C19H31IN4O2. The molecule has 0 radical (unpaired) electrons. The Bertz CT molecular complexity index is 578. The normalized spacial score (nSPS) is 23.6. The number of rotatable bonds is 5. The minimum atomic E-state index is 0. The molecule has 26 heavy (non-hydrogen) atoms. The van der Waals surface area contributed by atoms with Crippen LogP contribution in [0.1, 0.15) is 30.9 Å². The second-order valence-electron chi connectivity index (χ2n) is 6.69. The fourth-order valence-corrected chi connectivity index (χ4v) is 3.48. The molecule has 1 N–H and O–H groups in total. The zero-order valence-corrected chi connectivity index (χ0v) is 18.1. The van der Waals surface area contributed by atoms with E-state index in [1.54, 1.807) is 0 Å². The van der Waals surface area contributed by atoms with Crippen molar-refractivity contribution in [1.82, 2.24) is 15.2 Å². The number of morpholine rings is 1. The molecular weight excluding hydrogens is 443 g/mol. The third-order valence-electron chi connectivity index (χ3n) is 4.89. The summed E-state index contributed by atoms with van der Waals surface area (Å²) in [4.78, 5) is 11.3. The molecule has 0 spiro atoms. The maximum atomic E-state index is 5.95. The van der Waals surface area contributed by atoms with Gasteiger partial charge < -0.3 is 19.7 Å². The minimum absolute atomic E-state index is 0. The molecule has 0 saturated carbocycles. The van der Waals surface area contributed by atoms with Crippen molar-refractivity contribution >= 4 is 29.9 Å². The predicted molar refractivity (Wildman–Crippen MR) is 114 cm³/mol. The number of aliphatic imine (C=N–C) groups is 1. The molecule has 0 bridgehead atoms. The van der Waals surface area contributed by atoms with E-state index in [-0.39, 0.29) is 36.2 Å². The van der Waals surface area contributed by atoms with Crippen LogP contribution in [0.15, 0.2) is 23.5 Å². The van der Waals surface area contributed by atoms with E-state index in [0.717, 1.165) is 64.6 Å². The van der Waals surface area contributed by atoms with Crippen LogP contribution in [0.3, 0.4) is 0 Å². The summed E-state index contributed by atoms with van der Waals surface area (Å²) in [7, 11) is 0. The Labute approximate surface area is 173 Å². The van der Waals surface area contributed by atoms with Crippen molar-refractivity contribution in [2.45, 2.75) is 45.3 Å². The quantitative estimate of drug-likeness (QED) is 0.404. The number of nitrogens with one attached hydrogen (secondary N) is 1. The van der Waals surface area contributed by atoms with Crippen molar-refractivity contribution < 1.29 is 9.47 Å². The molecule has 1 aromatic heterocycles. The molecule has 2 fully saturated rings. The SMILES string of the molecule is CCNC(=NCCc1ccncc1C)N1CCOC(C2CCCO2)C1.I. The van der Waals surface area contributed by atoms with Crippen LogP contribution in [0.25, 0.3) is 0 Å². The van der Waals surface area contributed by atoms with Gasteiger partial charge >= 0.3 is 0 Å². The van der Waals surface area contributed by atoms with Gasteiger partial charge in [0.25, 0.3) is 0 Å². The highest BCUT2D eigenvalue weighted by Gasteiger charge is 2.32. The van der Waals surface area contributed by atoms with Gasteiger partial charge in [-0.1, -0.05) is 0 Å². The van der Waals surface area contributed by atoms with Gasteiger partial charge in [0.2, 0.25) is 0 Å². The summed E-state index contributed by atoms with van der Waals surface area (Å²) < 4.78 is 11.8. The van der Waals surface area contributed by atoms with E-state index in [4.69, 9.17) is 14.5 Å². The number of hydrogen-bond acceptors (Lipinski definition) is 4. The minimum Gasteiger partial charge on any atom is -0.375 e. The zero-order chi connectivity index (χ0) is 17.5. The van der Waals surface area contributed by atoms with E-state index in [1.807, 2.05) is 12.4 Å². The van der Waals surface area contributed by atoms with Crippen LogP contribution in [0.2, 0.25) is 0 Å². The Morgan fingerprint density at radius 2 is 2.19 bits per heavy atom. The Kier molecular flexibility index (Phi) is 9.07. The van der Waals surface area contributed by atoms with Crippen LogP contribution >= 0.6 is 24.0 Å². The lowest BCUT2D eigenvalue weighted by molar-refractivity contribution is -0.0817. The molecule has 2 saturated heterocycles. The fraction of sp³-hybridized carbons (Fsp3) is 0.684. The Morgan fingerprint density at radius 3 is 2.92 bits per heavy atom. The first-order chi connectivity index (χ1) is 12.3. The molecule has 3 rings (SSSR count). The van der Waals surface area contributed by atoms with Crippen LogP contribution in [0.4, 0.5) is 0 Å². The highest BCUT2D eigenvalue weighted by molar-refractivity contribution is 14.0. The topological polar surface area (TPSA) is 59.0 Å². The Hall–Kier alpha value is -0.930. The molecule has 146 valence electrons. The molecule has 2 unspecified atom stereocenters. The summed E-state index contributed by atoms with van der Waals surface area (Å²) >= 11 is 0. The van der Waals surface area contributed by atoms with Crippen LogP contribution in [-0.2, 0) is 15.9 Å². The maximum Gasteiger partial charge on any atom is 0.194 e. The Morgan fingerprint density at radius 1 is 1.35 bits per heavy atom. The highest BCUT2D eigenvalue weighted by Crippen LogP contribution is 2.21. The fourth-order valence-electron chi connectivity index (χ4n) is 3.48. The zero-order valence-electron chi connectivity index (χ0n) is 15.8. The standard InChI is InChI=1S/C19H30N4O2.HI/c1-3-21-19(22-9-7-16-6-8-20-13-15(16)2)23-10-12-25-18(14-23)17-5-4-11-24-17;/h6,8,13,17-18H,3-5,7,9-12,14H2,1-2H3,(H,21,22);1H. The summed E-state index contributed by atoms with van der Waals surface area (Å²) in [5.41, 5.74) is 2.54. The largest absolute Gasteiger partial charge is 0.375 e. The predicted octanol–water partition coefficient (Wildman–Crippen LogP) is 2.40. The molecule has 7 heteroatoms. The lowest BCUT2D eigenvalue weighted by Gasteiger charge is -2.37. The van der Waals surface area contributed by atoms with Crippen LogP contribution in [0, 0.1) is 6.92 Å². The van der Waals surface area contributed by atoms with Gasteiger partial charge in [0, 0.05) is 45.2 Å². The first kappa shape index (κ1) is 21.4. The summed E-state index contributed by atoms with van der Waals surface area (Å²) in [6.45, 7) is 9.19. The van der Waals surface area contributed by atoms with Gasteiger partial charge in [0.05, 0.1) is 12.7 Å². The first-order valence-corrected chi connectivity index (χ1v) is 9.44. The monoisotopic (exact) mass is 474 g/mol. The third-order valence-corrected chi connectivity index (χ3v) is 4.89. The second kappa shape index (κ2) is 11.0. The van der Waals surface area contributed by atoms with E-state index >= 15 is 0 Å². The van der Waals surface area contributed by atoms with E-state index < -0.39 is 0 Å². The lowest BCUT2D eigenvalue weighted by Crippen LogP contribution is -2.53. The molecule has 1 aromatic rings. The van der Waals surface area contributed by atoms with Gasteiger partial charge in [-0.2, -0.15) is 0 Å². The number of nitrogens with zero attached hydrogens (tertiary/aromatic N) is 3. The maximum absolute atomic E-state index is 5.95. The number of hydrogen-bond donors (Lipinski definition) is 1. The average Bonchev–Trinajstić information content (AvgIpc) is 3.17. The number of aromatic nitrogens is 1. The second-order valence-corrected chi connectivity index (χ2v) is 6.69. The molecule has 2 atom stereocenters. The van der Waals surface area contributed by atoms with E-state index in [0.29, 0.717) is 0 Å². The van der Waals surface area contributed by atoms with Crippen LogP contribution in [-0.4, -0.2) is 67.4 Å². The lowest BCUT2D eigenvalue weighted by atomic mass is 10.1. The van der Waals surface area contributed by atoms with Gasteiger partial charge in [0.15, 0.2) is 5.96 Å². The smallest absolute Gasteiger partial charge is 0.194 e. The highest BCUT2D eigenvalue weighted by atomic mass is 127. The van der Waals surface area contributed by atoms with E-state index in [1.165, 1.54) is 11.1 Å². The summed E-state index contributed by atoms with van der Waals surface area (Å²) in [6.07, 6.45) is 7.34. The van der Waals surface area contributed by atoms with Gasteiger partial charge in [-0.25, -0.2) is 0 Å². The van der Waals surface area contributed by atoms with Gasteiger partial charge in [-0.05, 0) is 50.3 Å². The van der Waals surface area contributed by atoms with Crippen molar-refractivity contribution in [1.29, 1.82) is 0 Å². The van der Waals surface area contributed by atoms with Gasteiger partial charge in [0.1, 0.15) is 6.10 Å². The summed E-state index contributed by atoms with van der Waals surface area (Å²) in [5.74, 6) is 0.987. The molecule has 3 heterocycles. The molecule has 0 amide bonds. The summed E-state index contributed by atoms with van der Waals surface area (Å²) in [5, 5.41) is 3.43. The van der Waals surface area contributed by atoms with Crippen molar-refractivity contribution in [3.63, 3.8) is 0 Å². The van der Waals surface area contributed by atoms with Crippen LogP contribution in [0.5, 0.6) is 0 Å². The molecule has 2 aliphatic heterocycles. The number of ether oxygens (including phenoxy) is 2. The number of aryl methyl sites for hydroxylation is 1. The van der Waals surface area contributed by atoms with Gasteiger partial charge in [-0.15, -0.1) is 24.0 Å². The number of guanidine groups is 1. The first-order valence-electron chi connectivity index (χ1n) is 9.44. The van der Waals surface area contributed by atoms with Crippen molar-refractivity contribution in [3.05, 3.63) is 29.6 Å². The third kappa shape index (κ3) is 5.79. The van der Waals surface area contributed by atoms with Crippen LogP contribution < -0.4 is 5.32 Å². The molecule has 0 aromatic carbocycles. The van der Waals surface area contributed by atoms with Gasteiger partial charge in [-0.3, -0.25) is 9.98 Å². The number of pyridine rings is 1. The Balaban J connectivity index is 0.00000243. The molecule has 6 nitrogen and oxygen atoms in total. The van der Waals surface area contributed by atoms with E-state index in [9.17, 15) is 0 Å². The molecule has 0 aliphatic carbocycles. The summed E-state index contributed by atoms with van der Waals surface area (Å²) in [6, 6.07) is 2.08. The van der Waals surface area contributed by atoms with Crippen molar-refractivity contribution in [2.75, 3.05) is 39.4 Å². The van der Waals surface area contributed by atoms with Crippen molar-refractivity contribution in [3.8, 4) is 0 Å². The average molecular weight is 474 g/mol. The molecule has 2 aliphatic rings. The van der Waals surface area contributed by atoms with E-state index in [2.05, 4.69) is 35.1 Å². The number of halogens is 1.